The summed E-state index contributed by atoms with van der Waals surface area (Å²) in [5, 5.41) is 24.1. The van der Waals surface area contributed by atoms with E-state index in [9.17, 15) is 15.2 Å². The molecule has 2 rings (SSSR count). The first-order chi connectivity index (χ1) is 9.06. The molecular weight excluding hydrogens is 268 g/mol. The number of benzene rings is 1. The van der Waals surface area contributed by atoms with E-state index in [2.05, 4.69) is 5.32 Å². The highest BCUT2D eigenvalue weighted by Crippen LogP contribution is 2.30. The van der Waals surface area contributed by atoms with Crippen LogP contribution in [-0.2, 0) is 6.54 Å². The molecule has 0 saturated heterocycles. The van der Waals surface area contributed by atoms with Gasteiger partial charge in [-0.15, -0.1) is 0 Å². The van der Waals surface area contributed by atoms with Crippen molar-refractivity contribution in [1.29, 1.82) is 0 Å². The molecule has 104 valence electrons. The summed E-state index contributed by atoms with van der Waals surface area (Å²) in [6.45, 7) is 0.515. The fourth-order valence-corrected chi connectivity index (χ4v) is 2.72. The molecule has 6 heteroatoms. The SMILES string of the molecule is O=[N+]([O-])c1ccc(Cl)c(CNC2(CO)CCCC2)c1. The van der Waals surface area contributed by atoms with Gasteiger partial charge in [-0.1, -0.05) is 24.4 Å². The molecule has 1 saturated carbocycles. The fraction of sp³-hybridized carbons (Fsp3) is 0.538. The van der Waals surface area contributed by atoms with Crippen molar-refractivity contribution in [3.05, 3.63) is 38.9 Å². The highest BCUT2D eigenvalue weighted by Gasteiger charge is 2.32. The van der Waals surface area contributed by atoms with E-state index in [1.54, 1.807) is 0 Å². The standard InChI is InChI=1S/C13H17ClN2O3/c14-12-4-3-11(16(18)19)7-10(12)8-15-13(9-17)5-1-2-6-13/h3-4,7,15,17H,1-2,5-6,8-9H2. The number of hydrogen-bond donors (Lipinski definition) is 2. The number of rotatable bonds is 5. The van der Waals surface area contributed by atoms with Gasteiger partial charge in [-0.25, -0.2) is 0 Å². The minimum atomic E-state index is -0.433. The van der Waals surface area contributed by atoms with E-state index in [4.69, 9.17) is 11.6 Å². The van der Waals surface area contributed by atoms with Crippen molar-refractivity contribution in [3.63, 3.8) is 0 Å². The predicted octanol–water partition coefficient (Wildman–Crippen LogP) is 2.64. The van der Waals surface area contributed by atoms with Crippen molar-refractivity contribution in [1.82, 2.24) is 5.32 Å². The molecular formula is C13H17ClN2O3. The Bertz CT molecular complexity index is 473. The van der Waals surface area contributed by atoms with Crippen molar-refractivity contribution >= 4 is 17.3 Å². The van der Waals surface area contributed by atoms with Crippen molar-refractivity contribution in [2.24, 2.45) is 0 Å². The normalized spacial score (nSPS) is 17.6. The van der Waals surface area contributed by atoms with Crippen LogP contribution in [0.1, 0.15) is 31.2 Å². The topological polar surface area (TPSA) is 75.4 Å². The third-order valence-corrected chi connectivity index (χ3v) is 4.13. The summed E-state index contributed by atoms with van der Waals surface area (Å²) in [4.78, 5) is 10.3. The number of nitrogens with zero attached hydrogens (tertiary/aromatic N) is 1. The molecule has 0 unspecified atom stereocenters. The van der Waals surface area contributed by atoms with Crippen LogP contribution < -0.4 is 5.32 Å². The summed E-state index contributed by atoms with van der Waals surface area (Å²) in [5.41, 5.74) is 0.467. The van der Waals surface area contributed by atoms with Gasteiger partial charge in [0.2, 0.25) is 0 Å². The van der Waals surface area contributed by atoms with Gasteiger partial charge in [0.05, 0.1) is 11.5 Å². The Morgan fingerprint density at radius 1 is 1.42 bits per heavy atom. The molecule has 1 aliphatic carbocycles. The minimum Gasteiger partial charge on any atom is -0.394 e. The lowest BCUT2D eigenvalue weighted by molar-refractivity contribution is -0.384. The van der Waals surface area contributed by atoms with E-state index in [1.165, 1.54) is 18.2 Å². The van der Waals surface area contributed by atoms with Gasteiger partial charge in [0.1, 0.15) is 0 Å². The van der Waals surface area contributed by atoms with Crippen LogP contribution in [0.4, 0.5) is 5.69 Å². The van der Waals surface area contributed by atoms with Crippen molar-refractivity contribution in [2.75, 3.05) is 6.61 Å². The third kappa shape index (κ3) is 3.23. The van der Waals surface area contributed by atoms with Crippen molar-refractivity contribution in [3.8, 4) is 0 Å². The van der Waals surface area contributed by atoms with Crippen LogP contribution in [0.2, 0.25) is 5.02 Å². The monoisotopic (exact) mass is 284 g/mol. The molecule has 0 radical (unpaired) electrons. The van der Waals surface area contributed by atoms with Gasteiger partial charge in [0.25, 0.3) is 5.69 Å². The number of nitro groups is 1. The highest BCUT2D eigenvalue weighted by atomic mass is 35.5. The van der Waals surface area contributed by atoms with Crippen LogP contribution in [0, 0.1) is 10.1 Å². The summed E-state index contributed by atoms with van der Waals surface area (Å²) in [7, 11) is 0. The van der Waals surface area contributed by atoms with Gasteiger partial charge in [-0.05, 0) is 24.5 Å². The maximum absolute atomic E-state index is 10.7. The first kappa shape index (κ1) is 14.2. The molecule has 0 bridgehead atoms. The molecule has 1 aliphatic rings. The number of nitrogens with one attached hydrogen (secondary N) is 1. The minimum absolute atomic E-state index is 0.0330. The summed E-state index contributed by atoms with van der Waals surface area (Å²) in [6, 6.07) is 4.41. The van der Waals surface area contributed by atoms with Gasteiger partial charge in [0.15, 0.2) is 0 Å². The molecule has 5 nitrogen and oxygen atoms in total. The molecule has 2 N–H and O–H groups in total. The molecule has 1 aromatic carbocycles. The lowest BCUT2D eigenvalue weighted by Gasteiger charge is -2.28. The highest BCUT2D eigenvalue weighted by molar-refractivity contribution is 6.31. The number of aliphatic hydroxyl groups excluding tert-OH is 1. The number of halogens is 1. The second kappa shape index (κ2) is 5.86. The predicted molar refractivity (Wildman–Crippen MR) is 73.2 cm³/mol. The number of non-ortho nitro benzene ring substituents is 1. The van der Waals surface area contributed by atoms with Crippen LogP contribution in [0.25, 0.3) is 0 Å². The zero-order valence-corrected chi connectivity index (χ0v) is 11.3. The van der Waals surface area contributed by atoms with Crippen LogP contribution in [0.5, 0.6) is 0 Å². The summed E-state index contributed by atoms with van der Waals surface area (Å²) in [6.07, 6.45) is 4.04. The van der Waals surface area contributed by atoms with Crippen LogP contribution in [0.3, 0.4) is 0 Å². The van der Waals surface area contributed by atoms with E-state index in [-0.39, 0.29) is 17.8 Å². The van der Waals surface area contributed by atoms with Crippen LogP contribution in [-0.4, -0.2) is 22.2 Å². The molecule has 0 aromatic heterocycles. The van der Waals surface area contributed by atoms with Gasteiger partial charge < -0.3 is 10.4 Å². The summed E-state index contributed by atoms with van der Waals surface area (Å²) in [5.74, 6) is 0. The molecule has 19 heavy (non-hydrogen) atoms. The molecule has 0 atom stereocenters. The van der Waals surface area contributed by atoms with E-state index >= 15 is 0 Å². The summed E-state index contributed by atoms with van der Waals surface area (Å²) < 4.78 is 0. The Balaban J connectivity index is 2.10. The van der Waals surface area contributed by atoms with Gasteiger partial charge in [-0.3, -0.25) is 10.1 Å². The lowest BCUT2D eigenvalue weighted by Crippen LogP contribution is -2.45. The third-order valence-electron chi connectivity index (χ3n) is 3.76. The van der Waals surface area contributed by atoms with E-state index in [1.807, 2.05) is 0 Å². The maximum Gasteiger partial charge on any atom is 0.269 e. The van der Waals surface area contributed by atoms with Crippen molar-refractivity contribution in [2.45, 2.75) is 37.8 Å². The fourth-order valence-electron chi connectivity index (χ4n) is 2.54. The maximum atomic E-state index is 10.7. The average molecular weight is 285 g/mol. The Labute approximate surface area is 116 Å². The number of hydrogen-bond acceptors (Lipinski definition) is 4. The van der Waals surface area contributed by atoms with Gasteiger partial charge >= 0.3 is 0 Å². The van der Waals surface area contributed by atoms with E-state index in [0.717, 1.165) is 25.7 Å². The Kier molecular flexibility index (Phi) is 4.39. The zero-order valence-electron chi connectivity index (χ0n) is 10.6. The molecule has 0 aliphatic heterocycles. The molecule has 0 heterocycles. The molecule has 1 fully saturated rings. The van der Waals surface area contributed by atoms with Crippen LogP contribution in [0.15, 0.2) is 18.2 Å². The Morgan fingerprint density at radius 3 is 2.68 bits per heavy atom. The van der Waals surface area contributed by atoms with Crippen molar-refractivity contribution < 1.29 is 10.0 Å². The molecule has 0 spiro atoms. The average Bonchev–Trinajstić information content (AvgIpc) is 2.87. The summed E-state index contributed by atoms with van der Waals surface area (Å²) >= 11 is 6.05. The van der Waals surface area contributed by atoms with Gasteiger partial charge in [-0.2, -0.15) is 0 Å². The molecule has 1 aromatic rings. The first-order valence-electron chi connectivity index (χ1n) is 6.35. The Hall–Kier alpha value is -1.17. The van der Waals surface area contributed by atoms with E-state index in [0.29, 0.717) is 17.1 Å². The zero-order chi connectivity index (χ0) is 13.9. The largest absolute Gasteiger partial charge is 0.394 e. The second-order valence-electron chi connectivity index (χ2n) is 5.03. The lowest BCUT2D eigenvalue weighted by atomic mass is 9.98. The van der Waals surface area contributed by atoms with E-state index < -0.39 is 4.92 Å². The molecule has 0 amide bonds. The van der Waals surface area contributed by atoms with Crippen LogP contribution >= 0.6 is 11.6 Å². The number of aliphatic hydroxyl groups is 1. The number of nitro benzene ring substituents is 1. The Morgan fingerprint density at radius 2 is 2.11 bits per heavy atom. The quantitative estimate of drug-likeness (QED) is 0.644. The first-order valence-corrected chi connectivity index (χ1v) is 6.73. The second-order valence-corrected chi connectivity index (χ2v) is 5.44. The van der Waals surface area contributed by atoms with Gasteiger partial charge in [0, 0.05) is 29.2 Å². The smallest absolute Gasteiger partial charge is 0.269 e.